The van der Waals surface area contributed by atoms with Gasteiger partial charge in [-0.1, -0.05) is 12.1 Å². The van der Waals surface area contributed by atoms with Crippen LogP contribution in [0.1, 0.15) is 18.9 Å². The number of piperazine rings is 1. The Bertz CT molecular complexity index is 518. The quantitative estimate of drug-likeness (QED) is 0.851. The van der Waals surface area contributed by atoms with E-state index in [9.17, 15) is 14.0 Å². The van der Waals surface area contributed by atoms with Gasteiger partial charge in [0.1, 0.15) is 5.82 Å². The largest absolute Gasteiger partial charge is 0.481 e. The molecule has 1 fully saturated rings. The number of carbonyl (C=O) groups is 2. The Labute approximate surface area is 122 Å². The molecule has 0 aliphatic carbocycles. The first-order valence-corrected chi connectivity index (χ1v) is 6.97. The van der Waals surface area contributed by atoms with Crippen LogP contribution in [0.5, 0.6) is 0 Å². The molecule has 1 heterocycles. The third kappa shape index (κ3) is 4.01. The van der Waals surface area contributed by atoms with Crippen LogP contribution in [-0.4, -0.2) is 47.1 Å². The number of carbonyl (C=O) groups excluding carboxylic acids is 1. The Morgan fingerprint density at radius 2 is 2.14 bits per heavy atom. The van der Waals surface area contributed by atoms with Gasteiger partial charge in [-0.3, -0.25) is 14.5 Å². The summed E-state index contributed by atoms with van der Waals surface area (Å²) in [6.07, 6.45) is 0.434. The molecule has 2 atom stereocenters. The van der Waals surface area contributed by atoms with Gasteiger partial charge < -0.3 is 10.4 Å². The number of amides is 1. The monoisotopic (exact) mass is 294 g/mol. The number of carboxylic acids is 1. The topological polar surface area (TPSA) is 69.6 Å². The first-order valence-electron chi connectivity index (χ1n) is 6.97. The van der Waals surface area contributed by atoms with E-state index in [0.29, 0.717) is 19.5 Å². The van der Waals surface area contributed by atoms with Crippen LogP contribution in [0.2, 0.25) is 0 Å². The fourth-order valence-electron chi connectivity index (χ4n) is 2.71. The number of rotatable bonds is 5. The molecule has 1 aromatic carbocycles. The summed E-state index contributed by atoms with van der Waals surface area (Å²) in [5.41, 5.74) is 0.962. The molecule has 1 saturated heterocycles. The first kappa shape index (κ1) is 15.4. The highest BCUT2D eigenvalue weighted by molar-refractivity contribution is 5.86. The predicted octanol–water partition coefficient (Wildman–Crippen LogP) is 1.03. The Morgan fingerprint density at radius 3 is 2.76 bits per heavy atom. The minimum absolute atomic E-state index is 0.00543. The molecule has 5 nitrogen and oxygen atoms in total. The van der Waals surface area contributed by atoms with Crippen LogP contribution in [0.4, 0.5) is 4.39 Å². The number of hydrogen-bond acceptors (Lipinski definition) is 3. The zero-order valence-corrected chi connectivity index (χ0v) is 11.9. The lowest BCUT2D eigenvalue weighted by molar-refractivity contribution is -0.143. The number of nitrogens with one attached hydrogen (secondary N) is 1. The number of halogens is 1. The second kappa shape index (κ2) is 6.67. The summed E-state index contributed by atoms with van der Waals surface area (Å²) < 4.78 is 12.9. The maximum absolute atomic E-state index is 12.9. The Kier molecular flexibility index (Phi) is 4.90. The van der Waals surface area contributed by atoms with Crippen molar-refractivity contribution in [3.63, 3.8) is 0 Å². The first-order chi connectivity index (χ1) is 9.97. The van der Waals surface area contributed by atoms with Crippen LogP contribution in [0.25, 0.3) is 0 Å². The van der Waals surface area contributed by atoms with Crippen molar-refractivity contribution in [2.75, 3.05) is 13.1 Å². The van der Waals surface area contributed by atoms with Gasteiger partial charge in [-0.15, -0.1) is 0 Å². The second-order valence-electron chi connectivity index (χ2n) is 5.32. The highest BCUT2D eigenvalue weighted by Gasteiger charge is 2.34. The third-order valence-electron chi connectivity index (χ3n) is 3.75. The summed E-state index contributed by atoms with van der Waals surface area (Å²) in [6.45, 7) is 3.09. The van der Waals surface area contributed by atoms with Gasteiger partial charge in [0.25, 0.3) is 0 Å². The van der Waals surface area contributed by atoms with Crippen LogP contribution in [-0.2, 0) is 16.0 Å². The summed E-state index contributed by atoms with van der Waals surface area (Å²) in [6, 6.07) is 5.58. The molecule has 0 saturated carbocycles. The minimum Gasteiger partial charge on any atom is -0.481 e. The summed E-state index contributed by atoms with van der Waals surface area (Å²) in [4.78, 5) is 24.7. The lowest BCUT2D eigenvalue weighted by Crippen LogP contribution is -2.58. The van der Waals surface area contributed by atoms with E-state index in [-0.39, 0.29) is 24.2 Å². The van der Waals surface area contributed by atoms with Gasteiger partial charge in [-0.2, -0.15) is 0 Å². The van der Waals surface area contributed by atoms with E-state index in [1.807, 2.05) is 11.8 Å². The molecule has 1 aromatic rings. The zero-order valence-electron chi connectivity index (χ0n) is 11.9. The van der Waals surface area contributed by atoms with E-state index in [0.717, 1.165) is 5.56 Å². The van der Waals surface area contributed by atoms with Gasteiger partial charge in [-0.05, 0) is 31.0 Å². The highest BCUT2D eigenvalue weighted by Crippen LogP contribution is 2.17. The van der Waals surface area contributed by atoms with E-state index >= 15 is 0 Å². The summed E-state index contributed by atoms with van der Waals surface area (Å²) >= 11 is 0. The standard InChI is InChI=1S/C15H19FN2O3/c1-10(8-11-2-4-12(16)5-3-11)18-7-6-17-15(21)13(18)9-14(19)20/h2-5,10,13H,6-9H2,1H3,(H,17,21)(H,19,20). The van der Waals surface area contributed by atoms with E-state index in [1.165, 1.54) is 12.1 Å². The average Bonchev–Trinajstić information content (AvgIpc) is 2.43. The van der Waals surface area contributed by atoms with Gasteiger partial charge in [0.2, 0.25) is 5.91 Å². The zero-order chi connectivity index (χ0) is 15.4. The van der Waals surface area contributed by atoms with Crippen LogP contribution < -0.4 is 5.32 Å². The number of hydrogen-bond donors (Lipinski definition) is 2. The van der Waals surface area contributed by atoms with Crippen molar-refractivity contribution in [1.82, 2.24) is 10.2 Å². The van der Waals surface area contributed by atoms with E-state index in [1.54, 1.807) is 12.1 Å². The summed E-state index contributed by atoms with van der Waals surface area (Å²) in [7, 11) is 0. The normalized spacial score (nSPS) is 20.9. The molecule has 114 valence electrons. The lowest BCUT2D eigenvalue weighted by Gasteiger charge is -2.38. The molecule has 0 spiro atoms. The van der Waals surface area contributed by atoms with Gasteiger partial charge >= 0.3 is 5.97 Å². The molecule has 1 amide bonds. The predicted molar refractivity (Wildman–Crippen MR) is 75.3 cm³/mol. The number of carboxylic acid groups (broad SMARTS) is 1. The fraction of sp³-hybridized carbons (Fsp3) is 0.467. The Hall–Kier alpha value is -1.95. The fourth-order valence-corrected chi connectivity index (χ4v) is 2.71. The molecule has 1 aliphatic heterocycles. The van der Waals surface area contributed by atoms with Gasteiger partial charge in [-0.25, -0.2) is 4.39 Å². The average molecular weight is 294 g/mol. The molecule has 21 heavy (non-hydrogen) atoms. The van der Waals surface area contributed by atoms with Crippen molar-refractivity contribution in [1.29, 1.82) is 0 Å². The molecule has 0 bridgehead atoms. The SMILES string of the molecule is CC(Cc1ccc(F)cc1)N1CCNC(=O)C1CC(=O)O. The van der Waals surface area contributed by atoms with Crippen LogP contribution in [0.15, 0.2) is 24.3 Å². The molecular weight excluding hydrogens is 275 g/mol. The van der Waals surface area contributed by atoms with Crippen molar-refractivity contribution < 1.29 is 19.1 Å². The molecule has 6 heteroatoms. The van der Waals surface area contributed by atoms with Crippen molar-refractivity contribution in [3.8, 4) is 0 Å². The molecule has 2 N–H and O–H groups in total. The Balaban J connectivity index is 2.07. The smallest absolute Gasteiger partial charge is 0.305 e. The number of nitrogens with zero attached hydrogens (tertiary/aromatic N) is 1. The van der Waals surface area contributed by atoms with E-state index < -0.39 is 12.0 Å². The lowest BCUT2D eigenvalue weighted by atomic mass is 10.0. The Morgan fingerprint density at radius 1 is 1.48 bits per heavy atom. The summed E-state index contributed by atoms with van der Waals surface area (Å²) in [5.74, 6) is -1.52. The van der Waals surface area contributed by atoms with Crippen LogP contribution in [0, 0.1) is 5.82 Å². The summed E-state index contributed by atoms with van der Waals surface area (Å²) in [5, 5.41) is 11.7. The van der Waals surface area contributed by atoms with Crippen LogP contribution in [0.3, 0.4) is 0 Å². The van der Waals surface area contributed by atoms with Crippen molar-refractivity contribution in [3.05, 3.63) is 35.6 Å². The molecular formula is C15H19FN2O3. The highest BCUT2D eigenvalue weighted by atomic mass is 19.1. The van der Waals surface area contributed by atoms with Crippen molar-refractivity contribution in [2.45, 2.75) is 31.8 Å². The molecule has 0 radical (unpaired) electrons. The number of benzene rings is 1. The molecule has 1 aliphatic rings. The maximum atomic E-state index is 12.9. The van der Waals surface area contributed by atoms with E-state index in [2.05, 4.69) is 5.32 Å². The van der Waals surface area contributed by atoms with Crippen molar-refractivity contribution >= 4 is 11.9 Å². The van der Waals surface area contributed by atoms with Gasteiger partial charge in [0.15, 0.2) is 0 Å². The van der Waals surface area contributed by atoms with Gasteiger partial charge in [0, 0.05) is 19.1 Å². The number of aliphatic carboxylic acids is 1. The molecule has 2 unspecified atom stereocenters. The van der Waals surface area contributed by atoms with E-state index in [4.69, 9.17) is 5.11 Å². The maximum Gasteiger partial charge on any atom is 0.305 e. The molecule has 0 aromatic heterocycles. The van der Waals surface area contributed by atoms with Crippen molar-refractivity contribution in [2.24, 2.45) is 0 Å². The van der Waals surface area contributed by atoms with Gasteiger partial charge in [0.05, 0.1) is 12.5 Å². The second-order valence-corrected chi connectivity index (χ2v) is 5.32. The third-order valence-corrected chi connectivity index (χ3v) is 3.75. The van der Waals surface area contributed by atoms with Crippen LogP contribution >= 0.6 is 0 Å². The molecule has 2 rings (SSSR count). The minimum atomic E-state index is -0.990.